The van der Waals surface area contributed by atoms with Crippen molar-refractivity contribution in [3.63, 3.8) is 0 Å². The average Bonchev–Trinajstić information content (AvgIpc) is 2.79. The molecule has 0 unspecified atom stereocenters. The monoisotopic (exact) mass is 244 g/mol. The molecule has 0 radical (unpaired) electrons. The summed E-state index contributed by atoms with van der Waals surface area (Å²) in [6.07, 6.45) is 11.0. The molecule has 0 aromatic carbocycles. The number of hydrogen-bond donors (Lipinski definition) is 2. The van der Waals surface area contributed by atoms with Crippen LogP contribution >= 0.6 is 0 Å². The first-order valence-corrected chi connectivity index (χ1v) is 6.91. The summed E-state index contributed by atoms with van der Waals surface area (Å²) in [6.45, 7) is 0. The number of H-pyrrole nitrogens is 1. The lowest BCUT2D eigenvalue weighted by molar-refractivity contribution is 0.337. The summed E-state index contributed by atoms with van der Waals surface area (Å²) in [5.41, 5.74) is 8.13. The highest BCUT2D eigenvalue weighted by molar-refractivity contribution is 5.73. The Hall–Kier alpha value is -1.58. The quantitative estimate of drug-likeness (QED) is 0.872. The molecule has 0 saturated heterocycles. The lowest BCUT2D eigenvalue weighted by atomic mass is 9.86. The third-order valence-electron chi connectivity index (χ3n) is 3.92. The number of aromatic nitrogens is 3. The van der Waals surface area contributed by atoms with Crippen molar-refractivity contribution in [2.24, 2.45) is 5.92 Å². The van der Waals surface area contributed by atoms with E-state index in [4.69, 9.17) is 5.73 Å². The first-order valence-electron chi connectivity index (χ1n) is 6.91. The number of pyridine rings is 1. The van der Waals surface area contributed by atoms with Gasteiger partial charge in [0.2, 0.25) is 0 Å². The molecule has 0 bridgehead atoms. The Labute approximate surface area is 107 Å². The van der Waals surface area contributed by atoms with E-state index in [1.807, 2.05) is 6.07 Å². The van der Waals surface area contributed by atoms with Crippen LogP contribution in [-0.4, -0.2) is 15.0 Å². The van der Waals surface area contributed by atoms with Crippen LogP contribution in [0.25, 0.3) is 11.2 Å². The molecule has 0 atom stereocenters. The van der Waals surface area contributed by atoms with Gasteiger partial charge in [-0.05, 0) is 18.4 Å². The van der Waals surface area contributed by atoms with Gasteiger partial charge in [0.25, 0.3) is 0 Å². The van der Waals surface area contributed by atoms with E-state index in [-0.39, 0.29) is 0 Å². The van der Waals surface area contributed by atoms with Gasteiger partial charge in [-0.25, -0.2) is 9.97 Å². The van der Waals surface area contributed by atoms with Crippen LogP contribution < -0.4 is 5.73 Å². The van der Waals surface area contributed by atoms with Crippen LogP contribution in [0.2, 0.25) is 0 Å². The summed E-state index contributed by atoms with van der Waals surface area (Å²) in [5.74, 6) is 1.94. The van der Waals surface area contributed by atoms with Crippen LogP contribution in [-0.2, 0) is 6.42 Å². The molecule has 1 aliphatic carbocycles. The number of imidazole rings is 1. The van der Waals surface area contributed by atoms with Crippen molar-refractivity contribution in [3.05, 3.63) is 18.1 Å². The van der Waals surface area contributed by atoms with Crippen molar-refractivity contribution in [2.45, 2.75) is 44.9 Å². The fourth-order valence-corrected chi connectivity index (χ4v) is 2.90. The van der Waals surface area contributed by atoms with E-state index < -0.39 is 0 Å². The highest BCUT2D eigenvalue weighted by atomic mass is 15.0. The molecule has 2 aromatic heterocycles. The summed E-state index contributed by atoms with van der Waals surface area (Å²) in [6, 6.07) is 1.90. The number of nitrogens with zero attached hydrogens (tertiary/aromatic N) is 2. The molecule has 3 N–H and O–H groups in total. The van der Waals surface area contributed by atoms with Gasteiger partial charge in [-0.2, -0.15) is 0 Å². The summed E-state index contributed by atoms with van der Waals surface area (Å²) in [5, 5.41) is 0. The molecule has 4 heteroatoms. The largest absolute Gasteiger partial charge is 0.397 e. The van der Waals surface area contributed by atoms with Gasteiger partial charge in [0.05, 0.1) is 17.4 Å². The molecule has 4 nitrogen and oxygen atoms in total. The third kappa shape index (κ3) is 2.47. The maximum Gasteiger partial charge on any atom is 0.177 e. The summed E-state index contributed by atoms with van der Waals surface area (Å²) in [4.78, 5) is 12.1. The Morgan fingerprint density at radius 3 is 2.94 bits per heavy atom. The normalized spacial score (nSPS) is 17.3. The highest BCUT2D eigenvalue weighted by Gasteiger charge is 2.14. The Kier molecular flexibility index (Phi) is 3.17. The number of aryl methyl sites for hydroxylation is 1. The summed E-state index contributed by atoms with van der Waals surface area (Å²) < 4.78 is 0. The first-order chi connectivity index (χ1) is 8.81. The average molecular weight is 244 g/mol. The second-order valence-corrected chi connectivity index (χ2v) is 5.37. The molecule has 1 aliphatic rings. The molecule has 0 amide bonds. The van der Waals surface area contributed by atoms with Crippen molar-refractivity contribution in [2.75, 3.05) is 5.73 Å². The first kappa shape index (κ1) is 11.5. The Bertz CT molecular complexity index is 526. The van der Waals surface area contributed by atoms with E-state index in [0.29, 0.717) is 5.69 Å². The lowest BCUT2D eigenvalue weighted by Crippen LogP contribution is -2.07. The SMILES string of the molecule is Nc1cnc2nc(CCC3CCCCC3)[nH]c2c1. The second kappa shape index (κ2) is 4.96. The van der Waals surface area contributed by atoms with Crippen LogP contribution in [0.5, 0.6) is 0 Å². The van der Waals surface area contributed by atoms with Crippen molar-refractivity contribution in [1.82, 2.24) is 15.0 Å². The van der Waals surface area contributed by atoms with Crippen LogP contribution in [0.15, 0.2) is 12.3 Å². The zero-order chi connectivity index (χ0) is 12.4. The molecule has 96 valence electrons. The second-order valence-electron chi connectivity index (χ2n) is 5.37. The van der Waals surface area contributed by atoms with Crippen molar-refractivity contribution in [3.8, 4) is 0 Å². The van der Waals surface area contributed by atoms with Gasteiger partial charge >= 0.3 is 0 Å². The highest BCUT2D eigenvalue weighted by Crippen LogP contribution is 2.27. The Balaban J connectivity index is 1.67. The maximum atomic E-state index is 5.71. The van der Waals surface area contributed by atoms with E-state index in [1.165, 1.54) is 38.5 Å². The van der Waals surface area contributed by atoms with Crippen LogP contribution in [0.3, 0.4) is 0 Å². The fraction of sp³-hybridized carbons (Fsp3) is 0.571. The van der Waals surface area contributed by atoms with Crippen molar-refractivity contribution in [1.29, 1.82) is 0 Å². The van der Waals surface area contributed by atoms with Crippen molar-refractivity contribution < 1.29 is 0 Å². The number of nitrogen functional groups attached to an aromatic ring is 1. The minimum absolute atomic E-state index is 0.685. The number of nitrogens with one attached hydrogen (secondary N) is 1. The smallest absolute Gasteiger partial charge is 0.177 e. The summed E-state index contributed by atoms with van der Waals surface area (Å²) in [7, 11) is 0. The van der Waals surface area contributed by atoms with E-state index in [0.717, 1.165) is 29.3 Å². The number of rotatable bonds is 3. The minimum atomic E-state index is 0.685. The number of nitrogens with two attached hydrogens (primary N) is 1. The zero-order valence-electron chi connectivity index (χ0n) is 10.7. The predicted molar refractivity (Wildman–Crippen MR) is 73.2 cm³/mol. The number of anilines is 1. The van der Waals surface area contributed by atoms with Crippen LogP contribution in [0.1, 0.15) is 44.3 Å². The topological polar surface area (TPSA) is 67.6 Å². The molecule has 1 saturated carbocycles. The van der Waals surface area contributed by atoms with Gasteiger partial charge in [-0.1, -0.05) is 32.1 Å². The van der Waals surface area contributed by atoms with Gasteiger partial charge in [0.1, 0.15) is 5.82 Å². The zero-order valence-corrected chi connectivity index (χ0v) is 10.7. The van der Waals surface area contributed by atoms with Gasteiger partial charge in [0, 0.05) is 6.42 Å². The van der Waals surface area contributed by atoms with E-state index in [1.54, 1.807) is 6.20 Å². The van der Waals surface area contributed by atoms with E-state index >= 15 is 0 Å². The molecule has 3 rings (SSSR count). The predicted octanol–water partition coefficient (Wildman–Crippen LogP) is 3.05. The van der Waals surface area contributed by atoms with Gasteiger partial charge in [-0.15, -0.1) is 0 Å². The van der Waals surface area contributed by atoms with Crippen LogP contribution in [0, 0.1) is 5.92 Å². The number of aromatic amines is 1. The summed E-state index contributed by atoms with van der Waals surface area (Å²) >= 11 is 0. The van der Waals surface area contributed by atoms with E-state index in [9.17, 15) is 0 Å². The van der Waals surface area contributed by atoms with Crippen LogP contribution in [0.4, 0.5) is 5.69 Å². The molecule has 18 heavy (non-hydrogen) atoms. The standard InChI is InChI=1S/C14H20N4/c15-11-8-12-14(16-9-11)18-13(17-12)7-6-10-4-2-1-3-5-10/h8-10H,1-7,15H2,(H,16,17,18). The van der Waals surface area contributed by atoms with Gasteiger partial charge < -0.3 is 10.7 Å². The molecule has 2 aromatic rings. The van der Waals surface area contributed by atoms with Crippen molar-refractivity contribution >= 4 is 16.9 Å². The number of fused-ring (bicyclic) bond motifs is 1. The lowest BCUT2D eigenvalue weighted by Gasteiger charge is -2.20. The molecule has 0 aliphatic heterocycles. The fourth-order valence-electron chi connectivity index (χ4n) is 2.90. The molecular formula is C14H20N4. The maximum absolute atomic E-state index is 5.71. The third-order valence-corrected chi connectivity index (χ3v) is 3.92. The molecule has 0 spiro atoms. The molecular weight excluding hydrogens is 224 g/mol. The van der Waals surface area contributed by atoms with Gasteiger partial charge in [-0.3, -0.25) is 0 Å². The Morgan fingerprint density at radius 2 is 2.11 bits per heavy atom. The molecule has 1 fully saturated rings. The van der Waals surface area contributed by atoms with E-state index in [2.05, 4.69) is 15.0 Å². The Morgan fingerprint density at radius 1 is 1.28 bits per heavy atom. The molecule has 2 heterocycles. The van der Waals surface area contributed by atoms with Gasteiger partial charge in [0.15, 0.2) is 5.65 Å². The number of hydrogen-bond acceptors (Lipinski definition) is 3. The minimum Gasteiger partial charge on any atom is -0.397 e.